The second-order valence-corrected chi connectivity index (χ2v) is 1.53. The Kier molecular flexibility index (Phi) is 22.8. The first-order chi connectivity index (χ1) is 4.46. The molecule has 0 radical (unpaired) electrons. The van der Waals surface area contributed by atoms with Gasteiger partial charge in [-0.25, -0.2) is 0 Å². The third-order valence-corrected chi connectivity index (χ3v) is 0.782. The van der Waals surface area contributed by atoms with E-state index in [0.29, 0.717) is 0 Å². The molecule has 0 aromatic heterocycles. The van der Waals surface area contributed by atoms with Crippen LogP contribution in [0.4, 0.5) is 0 Å². The number of hydrogen-bond donors (Lipinski definition) is 2. The van der Waals surface area contributed by atoms with E-state index in [0.717, 1.165) is 0 Å². The van der Waals surface area contributed by atoms with Crippen molar-refractivity contribution in [1.82, 2.24) is 0 Å². The number of aliphatic carboxylic acids is 2. The van der Waals surface area contributed by atoms with Crippen molar-refractivity contribution in [1.29, 1.82) is 0 Å². The van der Waals surface area contributed by atoms with E-state index in [1.165, 1.54) is 0 Å². The summed E-state index contributed by atoms with van der Waals surface area (Å²) in [4.78, 5) is 19.3. The first-order valence-electron chi connectivity index (χ1n) is 2.24. The van der Waals surface area contributed by atoms with Crippen molar-refractivity contribution in [3.8, 4) is 0 Å². The normalized spacial score (nSPS) is 12.2. The van der Waals surface area contributed by atoms with Crippen LogP contribution in [0.25, 0.3) is 0 Å². The van der Waals surface area contributed by atoms with Gasteiger partial charge >= 0.3 is 103 Å². The monoisotopic (exact) mass is 244 g/mol. The van der Waals surface area contributed by atoms with E-state index in [2.05, 4.69) is 0 Å². The minimum atomic E-state index is -2.44. The molecule has 0 saturated carbocycles. The van der Waals surface area contributed by atoms with Gasteiger partial charge in [0.1, 0.15) is 12.2 Å². The second kappa shape index (κ2) is 12.2. The molecule has 13 heavy (non-hydrogen) atoms. The van der Waals surface area contributed by atoms with Crippen molar-refractivity contribution in [2.24, 2.45) is 0 Å². The first kappa shape index (κ1) is 24.4. The Morgan fingerprint density at radius 1 is 0.923 bits per heavy atom. The molecule has 0 unspecified atom stereocenters. The summed E-state index contributed by atoms with van der Waals surface area (Å²) in [6, 6.07) is 0. The van der Waals surface area contributed by atoms with Gasteiger partial charge < -0.3 is 35.5 Å². The third-order valence-electron chi connectivity index (χ3n) is 0.782. The zero-order valence-corrected chi connectivity index (χ0v) is 13.4. The molecule has 0 aliphatic rings. The molecule has 7 nitrogen and oxygen atoms in total. The number of carboxylic acid groups (broad SMARTS) is 2. The van der Waals surface area contributed by atoms with E-state index < -0.39 is 24.1 Å². The molecular formula is C4H6K2O7. The number of carbonyl (C=O) groups excluding carboxylic acids is 2. The number of hydrogen-bond acceptors (Lipinski definition) is 6. The molecule has 0 rings (SSSR count). The standard InChI is InChI=1S/C4H6O6.2K.H2O/c5-1(3(7)8)2(6)4(9)10;;;/h1-2,5-6H,(H,7,8)(H,9,10);;;1H2/q;2*+1;/p-2/t1-,2-;;;/m1.../s1. The zero-order chi connectivity index (χ0) is 8.31. The summed E-state index contributed by atoms with van der Waals surface area (Å²) < 4.78 is 0. The van der Waals surface area contributed by atoms with Crippen LogP contribution in [0, 0.1) is 0 Å². The molecule has 2 atom stereocenters. The maximum absolute atomic E-state index is 9.63. The van der Waals surface area contributed by atoms with Crippen LogP contribution >= 0.6 is 0 Å². The van der Waals surface area contributed by atoms with Gasteiger partial charge in [-0.3, -0.25) is 0 Å². The van der Waals surface area contributed by atoms with E-state index in [1.807, 2.05) is 0 Å². The van der Waals surface area contributed by atoms with E-state index in [4.69, 9.17) is 10.2 Å². The molecule has 0 spiro atoms. The van der Waals surface area contributed by atoms with Gasteiger partial charge in [-0.1, -0.05) is 0 Å². The van der Waals surface area contributed by atoms with Crippen LogP contribution < -0.4 is 113 Å². The summed E-state index contributed by atoms with van der Waals surface area (Å²) in [5, 5.41) is 35.7. The largest absolute Gasteiger partial charge is 1.00 e. The second-order valence-electron chi connectivity index (χ2n) is 1.53. The molecular weight excluding hydrogens is 238 g/mol. The summed E-state index contributed by atoms with van der Waals surface area (Å²) in [6.07, 6.45) is -4.88. The predicted molar refractivity (Wildman–Crippen MR) is 25.6 cm³/mol. The molecule has 0 fully saturated rings. The summed E-state index contributed by atoms with van der Waals surface area (Å²) in [6.45, 7) is 0. The summed E-state index contributed by atoms with van der Waals surface area (Å²) in [5.41, 5.74) is 0. The Balaban J connectivity index is -0.000000135. The van der Waals surface area contributed by atoms with Crippen LogP contribution in [0.1, 0.15) is 0 Å². The topological polar surface area (TPSA) is 152 Å². The number of carboxylic acids is 2. The van der Waals surface area contributed by atoms with Crippen LogP contribution in [0.2, 0.25) is 0 Å². The van der Waals surface area contributed by atoms with Gasteiger partial charge in [-0.2, -0.15) is 0 Å². The molecule has 66 valence electrons. The molecule has 0 bridgehead atoms. The van der Waals surface area contributed by atoms with Gasteiger partial charge in [0, 0.05) is 0 Å². The molecule has 0 aliphatic heterocycles. The number of rotatable bonds is 3. The molecule has 0 amide bonds. The summed E-state index contributed by atoms with van der Waals surface area (Å²) >= 11 is 0. The maximum Gasteiger partial charge on any atom is 1.00 e. The molecule has 4 N–H and O–H groups in total. The van der Waals surface area contributed by atoms with E-state index in [1.54, 1.807) is 0 Å². The van der Waals surface area contributed by atoms with Crippen molar-refractivity contribution >= 4 is 11.9 Å². The van der Waals surface area contributed by atoms with Crippen molar-refractivity contribution in [2.45, 2.75) is 12.2 Å². The van der Waals surface area contributed by atoms with Crippen molar-refractivity contribution < 1.29 is 138 Å². The zero-order valence-electron chi connectivity index (χ0n) is 7.18. The Morgan fingerprint density at radius 3 is 1.15 bits per heavy atom. The van der Waals surface area contributed by atoms with Gasteiger partial charge in [0.2, 0.25) is 0 Å². The minimum Gasteiger partial charge on any atom is -0.547 e. The SMILES string of the molecule is O.O=C([O-])[C@H](O)[C@@H](O)C(=O)[O-].[K+].[K+]. The molecule has 0 aromatic rings. The predicted octanol–water partition coefficient (Wildman–Crippen LogP) is -11.6. The van der Waals surface area contributed by atoms with Gasteiger partial charge in [-0.05, 0) is 0 Å². The van der Waals surface area contributed by atoms with Crippen LogP contribution in [0.5, 0.6) is 0 Å². The van der Waals surface area contributed by atoms with Gasteiger partial charge in [-0.15, -0.1) is 0 Å². The van der Waals surface area contributed by atoms with Crippen molar-refractivity contribution in [2.75, 3.05) is 0 Å². The van der Waals surface area contributed by atoms with Gasteiger partial charge in [0.05, 0.1) is 11.9 Å². The molecule has 0 saturated heterocycles. The van der Waals surface area contributed by atoms with E-state index >= 15 is 0 Å². The van der Waals surface area contributed by atoms with Crippen molar-refractivity contribution in [3.63, 3.8) is 0 Å². The Bertz CT molecular complexity index is 143. The number of aliphatic hydroxyl groups excluding tert-OH is 2. The van der Waals surface area contributed by atoms with Crippen LogP contribution in [0.15, 0.2) is 0 Å². The average Bonchev–Trinajstić information content (AvgIpc) is 1.84. The molecule has 0 aromatic carbocycles. The average molecular weight is 244 g/mol. The quantitative estimate of drug-likeness (QED) is 0.470. The third kappa shape index (κ3) is 10.4. The Labute approximate surface area is 159 Å². The van der Waals surface area contributed by atoms with Crippen LogP contribution in [-0.2, 0) is 9.59 Å². The Morgan fingerprint density at radius 2 is 1.08 bits per heavy atom. The first-order valence-corrected chi connectivity index (χ1v) is 2.24. The van der Waals surface area contributed by atoms with E-state index in [-0.39, 0.29) is 108 Å². The summed E-state index contributed by atoms with van der Waals surface area (Å²) in [7, 11) is 0. The van der Waals surface area contributed by atoms with Crippen molar-refractivity contribution in [3.05, 3.63) is 0 Å². The Hall–Kier alpha value is 2.09. The van der Waals surface area contributed by atoms with Gasteiger partial charge in [0.25, 0.3) is 0 Å². The fourth-order valence-electron chi connectivity index (χ4n) is 0.258. The fraction of sp³-hybridized carbons (Fsp3) is 0.500. The number of carbonyl (C=O) groups is 2. The minimum absolute atomic E-state index is 0. The van der Waals surface area contributed by atoms with Gasteiger partial charge in [0.15, 0.2) is 0 Å². The molecule has 9 heteroatoms. The number of aliphatic hydroxyl groups is 2. The fourth-order valence-corrected chi connectivity index (χ4v) is 0.258. The van der Waals surface area contributed by atoms with E-state index in [9.17, 15) is 19.8 Å². The molecule has 0 heterocycles. The smallest absolute Gasteiger partial charge is 0.547 e. The molecule has 0 aliphatic carbocycles. The maximum atomic E-state index is 9.63. The van der Waals surface area contributed by atoms with Crippen LogP contribution in [0.3, 0.4) is 0 Å². The summed E-state index contributed by atoms with van der Waals surface area (Å²) in [5.74, 6) is -4.12. The van der Waals surface area contributed by atoms with Crippen LogP contribution in [-0.4, -0.2) is 39.8 Å².